The summed E-state index contributed by atoms with van der Waals surface area (Å²) >= 11 is 0. The van der Waals surface area contributed by atoms with E-state index in [-0.39, 0.29) is 5.91 Å². The van der Waals surface area contributed by atoms with Crippen LogP contribution in [0.25, 0.3) is 0 Å². The SMILES string of the molecule is C#CCNC(=O)C[NH+]1CCN(c2ccccc2)CC1. The zero-order chi connectivity index (χ0) is 13.5. The van der Waals surface area contributed by atoms with Gasteiger partial charge in [-0.05, 0) is 12.1 Å². The fourth-order valence-corrected chi connectivity index (χ4v) is 2.34. The number of hydrogen-bond acceptors (Lipinski definition) is 2. The molecule has 0 aromatic heterocycles. The molecule has 0 spiro atoms. The van der Waals surface area contributed by atoms with Gasteiger partial charge in [0.2, 0.25) is 0 Å². The van der Waals surface area contributed by atoms with Crippen LogP contribution in [-0.4, -0.2) is 45.2 Å². The van der Waals surface area contributed by atoms with Crippen LogP contribution in [0, 0.1) is 12.3 Å². The molecule has 2 N–H and O–H groups in total. The van der Waals surface area contributed by atoms with Crippen LogP contribution < -0.4 is 15.1 Å². The first-order valence-electron chi connectivity index (χ1n) is 6.63. The van der Waals surface area contributed by atoms with Gasteiger partial charge in [-0.3, -0.25) is 4.79 Å². The lowest BCUT2D eigenvalue weighted by Crippen LogP contribution is -3.15. The Balaban J connectivity index is 1.77. The van der Waals surface area contributed by atoms with Gasteiger partial charge in [0.25, 0.3) is 5.91 Å². The number of quaternary nitrogens is 1. The first-order chi connectivity index (χ1) is 9.29. The molecule has 100 valence electrons. The lowest BCUT2D eigenvalue weighted by Gasteiger charge is -2.33. The molecule has 0 saturated carbocycles. The van der Waals surface area contributed by atoms with Crippen molar-refractivity contribution in [2.45, 2.75) is 0 Å². The highest BCUT2D eigenvalue weighted by molar-refractivity contribution is 5.77. The molecular formula is C15H20N3O+. The Morgan fingerprint density at radius 2 is 2.00 bits per heavy atom. The molecule has 0 radical (unpaired) electrons. The minimum atomic E-state index is 0.0427. The van der Waals surface area contributed by atoms with Crippen molar-refractivity contribution in [3.63, 3.8) is 0 Å². The summed E-state index contributed by atoms with van der Waals surface area (Å²) in [5.74, 6) is 2.46. The second kappa shape index (κ2) is 6.81. The van der Waals surface area contributed by atoms with Crippen LogP contribution in [0.5, 0.6) is 0 Å². The normalized spacial score (nSPS) is 15.8. The quantitative estimate of drug-likeness (QED) is 0.690. The first kappa shape index (κ1) is 13.4. The standard InChI is InChI=1S/C15H19N3O/c1-2-8-16-15(19)13-17-9-11-18(12-10-17)14-6-4-3-5-7-14/h1,3-7H,8-13H2,(H,16,19)/p+1. The van der Waals surface area contributed by atoms with Gasteiger partial charge < -0.3 is 15.1 Å². The molecule has 0 unspecified atom stereocenters. The minimum absolute atomic E-state index is 0.0427. The number of terminal acetylenes is 1. The van der Waals surface area contributed by atoms with Gasteiger partial charge >= 0.3 is 0 Å². The van der Waals surface area contributed by atoms with E-state index in [0.717, 1.165) is 26.2 Å². The maximum atomic E-state index is 11.6. The van der Waals surface area contributed by atoms with E-state index in [1.807, 2.05) is 6.07 Å². The maximum absolute atomic E-state index is 11.6. The number of nitrogens with one attached hydrogen (secondary N) is 2. The van der Waals surface area contributed by atoms with Gasteiger partial charge in [0, 0.05) is 5.69 Å². The molecule has 1 amide bonds. The van der Waals surface area contributed by atoms with Gasteiger partial charge in [0.05, 0.1) is 32.7 Å². The van der Waals surface area contributed by atoms with Crippen LogP contribution in [0.15, 0.2) is 30.3 Å². The minimum Gasteiger partial charge on any atom is -0.360 e. The highest BCUT2D eigenvalue weighted by Gasteiger charge is 2.21. The molecule has 0 atom stereocenters. The number of carbonyl (C=O) groups is 1. The number of anilines is 1. The summed E-state index contributed by atoms with van der Waals surface area (Å²) in [6.07, 6.45) is 5.11. The third kappa shape index (κ3) is 4.01. The summed E-state index contributed by atoms with van der Waals surface area (Å²) < 4.78 is 0. The Labute approximate surface area is 114 Å². The molecule has 0 aliphatic carbocycles. The van der Waals surface area contributed by atoms with E-state index in [1.54, 1.807) is 0 Å². The van der Waals surface area contributed by atoms with Crippen molar-refractivity contribution in [3.8, 4) is 12.3 Å². The fraction of sp³-hybridized carbons (Fsp3) is 0.400. The molecule has 19 heavy (non-hydrogen) atoms. The van der Waals surface area contributed by atoms with Crippen molar-refractivity contribution in [1.29, 1.82) is 0 Å². The third-order valence-corrected chi connectivity index (χ3v) is 3.39. The van der Waals surface area contributed by atoms with Crippen LogP contribution in [0.4, 0.5) is 5.69 Å². The summed E-state index contributed by atoms with van der Waals surface area (Å²) in [4.78, 5) is 15.3. The van der Waals surface area contributed by atoms with E-state index in [2.05, 4.69) is 40.4 Å². The van der Waals surface area contributed by atoms with Crippen molar-refractivity contribution in [3.05, 3.63) is 30.3 Å². The number of para-hydroxylation sites is 1. The highest BCUT2D eigenvalue weighted by Crippen LogP contribution is 2.12. The van der Waals surface area contributed by atoms with Crippen molar-refractivity contribution < 1.29 is 9.69 Å². The van der Waals surface area contributed by atoms with Gasteiger partial charge in [-0.15, -0.1) is 6.42 Å². The van der Waals surface area contributed by atoms with E-state index in [4.69, 9.17) is 6.42 Å². The average molecular weight is 258 g/mol. The lowest BCUT2D eigenvalue weighted by molar-refractivity contribution is -0.892. The molecule has 2 rings (SSSR count). The monoisotopic (exact) mass is 258 g/mol. The third-order valence-electron chi connectivity index (χ3n) is 3.39. The molecule has 1 heterocycles. The Kier molecular flexibility index (Phi) is 4.82. The summed E-state index contributed by atoms with van der Waals surface area (Å²) in [6, 6.07) is 10.4. The van der Waals surface area contributed by atoms with Crippen LogP contribution in [0.1, 0.15) is 0 Å². The van der Waals surface area contributed by atoms with Gasteiger partial charge in [0.1, 0.15) is 0 Å². The van der Waals surface area contributed by atoms with Gasteiger partial charge in [0.15, 0.2) is 6.54 Å². The Bertz CT molecular complexity index is 444. The number of hydrogen-bond donors (Lipinski definition) is 2. The Hall–Kier alpha value is -1.99. The number of piperazine rings is 1. The summed E-state index contributed by atoms with van der Waals surface area (Å²) in [7, 11) is 0. The van der Waals surface area contributed by atoms with Crippen molar-refractivity contribution in [2.75, 3.05) is 44.2 Å². The van der Waals surface area contributed by atoms with Crippen LogP contribution in [0.3, 0.4) is 0 Å². The summed E-state index contributed by atoms with van der Waals surface area (Å²) in [5.41, 5.74) is 1.26. The molecule has 1 fully saturated rings. The molecule has 1 aromatic carbocycles. The Morgan fingerprint density at radius 3 is 2.63 bits per heavy atom. The summed E-state index contributed by atoms with van der Waals surface area (Å²) in [5, 5.41) is 2.71. The number of rotatable bonds is 4. The molecule has 0 bridgehead atoms. The van der Waals surface area contributed by atoms with Crippen LogP contribution in [-0.2, 0) is 4.79 Å². The predicted molar refractivity (Wildman–Crippen MR) is 76.1 cm³/mol. The smallest absolute Gasteiger partial charge is 0.275 e. The first-order valence-corrected chi connectivity index (χ1v) is 6.63. The van der Waals surface area contributed by atoms with Gasteiger partial charge in [-0.2, -0.15) is 0 Å². The highest BCUT2D eigenvalue weighted by atomic mass is 16.2. The zero-order valence-electron chi connectivity index (χ0n) is 11.1. The van der Waals surface area contributed by atoms with E-state index in [9.17, 15) is 4.79 Å². The molecule has 1 aromatic rings. The van der Waals surface area contributed by atoms with E-state index in [0.29, 0.717) is 13.1 Å². The zero-order valence-corrected chi connectivity index (χ0v) is 11.1. The predicted octanol–water partition coefficient (Wildman–Crippen LogP) is -0.859. The average Bonchev–Trinajstić information content (AvgIpc) is 2.47. The fourth-order valence-electron chi connectivity index (χ4n) is 2.34. The number of nitrogens with zero attached hydrogens (tertiary/aromatic N) is 1. The molecular weight excluding hydrogens is 238 g/mol. The second-order valence-corrected chi connectivity index (χ2v) is 4.73. The van der Waals surface area contributed by atoms with Crippen molar-refractivity contribution in [1.82, 2.24) is 5.32 Å². The van der Waals surface area contributed by atoms with Crippen molar-refractivity contribution in [2.24, 2.45) is 0 Å². The largest absolute Gasteiger partial charge is 0.360 e. The maximum Gasteiger partial charge on any atom is 0.275 e. The van der Waals surface area contributed by atoms with E-state index >= 15 is 0 Å². The second-order valence-electron chi connectivity index (χ2n) is 4.73. The van der Waals surface area contributed by atoms with Gasteiger partial charge in [-0.1, -0.05) is 24.1 Å². The molecule has 4 heteroatoms. The van der Waals surface area contributed by atoms with Crippen LogP contribution >= 0.6 is 0 Å². The van der Waals surface area contributed by atoms with E-state index < -0.39 is 0 Å². The number of benzene rings is 1. The number of carbonyl (C=O) groups excluding carboxylic acids is 1. The molecule has 4 nitrogen and oxygen atoms in total. The Morgan fingerprint density at radius 1 is 1.32 bits per heavy atom. The van der Waals surface area contributed by atoms with Crippen LogP contribution in [0.2, 0.25) is 0 Å². The molecule has 1 saturated heterocycles. The summed E-state index contributed by atoms with van der Waals surface area (Å²) in [6.45, 7) is 4.78. The lowest BCUT2D eigenvalue weighted by atomic mass is 10.2. The number of amides is 1. The molecule has 1 aliphatic rings. The van der Waals surface area contributed by atoms with Gasteiger partial charge in [-0.25, -0.2) is 0 Å². The van der Waals surface area contributed by atoms with Crippen molar-refractivity contribution >= 4 is 11.6 Å². The van der Waals surface area contributed by atoms with E-state index in [1.165, 1.54) is 10.6 Å². The molecule has 1 aliphatic heterocycles. The topological polar surface area (TPSA) is 36.8 Å².